The molecule has 0 amide bonds. The maximum absolute atomic E-state index is 5.22. The molecule has 0 rings (SSSR count). The van der Waals surface area contributed by atoms with Crippen molar-refractivity contribution in [3.63, 3.8) is 0 Å². The van der Waals surface area contributed by atoms with E-state index in [1.807, 2.05) is 13.5 Å². The summed E-state index contributed by atoms with van der Waals surface area (Å²) in [5.41, 5.74) is 5.22. The second-order valence-electron chi connectivity index (χ2n) is 1.39. The van der Waals surface area contributed by atoms with Crippen LogP contribution in [0, 0.1) is 6.54 Å². The monoisotopic (exact) mass is 101 g/mol. The number of nitrogens with two attached hydrogens (primary N) is 1. The van der Waals surface area contributed by atoms with Crippen LogP contribution in [0.2, 0.25) is 0 Å². The molecule has 1 radical (unpaired) electrons. The van der Waals surface area contributed by atoms with Crippen LogP contribution < -0.4 is 11.1 Å². The molecule has 0 fully saturated rings. The van der Waals surface area contributed by atoms with Crippen molar-refractivity contribution in [3.8, 4) is 0 Å². The number of hydrogen-bond acceptors (Lipinski definition) is 2. The predicted octanol–water partition coefficient (Wildman–Crippen LogP) is 0.106. The van der Waals surface area contributed by atoms with Crippen molar-refractivity contribution in [1.29, 1.82) is 0 Å². The predicted molar refractivity (Wildman–Crippen MR) is 31.6 cm³/mol. The average Bonchev–Trinajstić information content (AvgIpc) is 1.69. The lowest BCUT2D eigenvalue weighted by molar-refractivity contribution is 0.728. The van der Waals surface area contributed by atoms with Crippen molar-refractivity contribution in [1.82, 2.24) is 5.32 Å². The van der Waals surface area contributed by atoms with Gasteiger partial charge in [0.25, 0.3) is 0 Å². The Morgan fingerprint density at radius 2 is 2.43 bits per heavy atom. The molecule has 0 aromatic rings. The van der Waals surface area contributed by atoms with Gasteiger partial charge >= 0.3 is 0 Å². The number of nitrogens with one attached hydrogen (secondary N) is 1. The van der Waals surface area contributed by atoms with Gasteiger partial charge in [0.15, 0.2) is 0 Å². The Hall–Kier alpha value is -0.0800. The summed E-state index contributed by atoms with van der Waals surface area (Å²) in [6, 6.07) is 0. The van der Waals surface area contributed by atoms with E-state index >= 15 is 0 Å². The van der Waals surface area contributed by atoms with Gasteiger partial charge in [-0.2, -0.15) is 0 Å². The van der Waals surface area contributed by atoms with Crippen LogP contribution in [-0.2, 0) is 0 Å². The summed E-state index contributed by atoms with van der Waals surface area (Å²) >= 11 is 0. The Labute approximate surface area is 45.1 Å². The van der Waals surface area contributed by atoms with Gasteiger partial charge in [-0.25, -0.2) is 0 Å². The first-order valence-electron chi connectivity index (χ1n) is 2.63. The van der Waals surface area contributed by atoms with Gasteiger partial charge in [0.2, 0.25) is 0 Å². The van der Waals surface area contributed by atoms with E-state index in [1.165, 1.54) is 0 Å². The lowest BCUT2D eigenvalue weighted by Gasteiger charge is -1.94. The molecule has 0 saturated carbocycles. The molecule has 43 valence electrons. The van der Waals surface area contributed by atoms with Crippen LogP contribution in [0.5, 0.6) is 0 Å². The summed E-state index contributed by atoms with van der Waals surface area (Å²) in [5, 5.41) is 3.04. The van der Waals surface area contributed by atoms with Gasteiger partial charge in [-0.1, -0.05) is 0 Å². The first-order chi connectivity index (χ1) is 3.41. The van der Waals surface area contributed by atoms with E-state index in [0.717, 1.165) is 19.5 Å². The SMILES string of the molecule is C[CH]NCCCN. The van der Waals surface area contributed by atoms with Crippen LogP contribution in [0.3, 0.4) is 0 Å². The van der Waals surface area contributed by atoms with Gasteiger partial charge in [0.1, 0.15) is 0 Å². The second kappa shape index (κ2) is 5.92. The minimum atomic E-state index is 0.779. The summed E-state index contributed by atoms with van der Waals surface area (Å²) in [4.78, 5) is 0. The Bertz CT molecular complexity index is 25.3. The van der Waals surface area contributed by atoms with Crippen molar-refractivity contribution >= 4 is 0 Å². The average molecular weight is 101 g/mol. The molecule has 7 heavy (non-hydrogen) atoms. The van der Waals surface area contributed by atoms with Crippen LogP contribution in [-0.4, -0.2) is 13.1 Å². The van der Waals surface area contributed by atoms with Crippen molar-refractivity contribution < 1.29 is 0 Å². The van der Waals surface area contributed by atoms with Gasteiger partial charge in [-0.15, -0.1) is 0 Å². The van der Waals surface area contributed by atoms with Crippen LogP contribution in [0.1, 0.15) is 13.3 Å². The quantitative estimate of drug-likeness (QED) is 0.493. The zero-order chi connectivity index (χ0) is 5.54. The summed E-state index contributed by atoms with van der Waals surface area (Å²) in [6.45, 7) is 5.68. The van der Waals surface area contributed by atoms with Gasteiger partial charge in [-0.3, -0.25) is 0 Å². The third kappa shape index (κ3) is 5.92. The first-order valence-corrected chi connectivity index (χ1v) is 2.63. The molecule has 0 heterocycles. The third-order valence-corrected chi connectivity index (χ3v) is 0.729. The number of rotatable bonds is 4. The molecule has 0 aromatic carbocycles. The maximum atomic E-state index is 5.22. The molecule has 0 unspecified atom stereocenters. The van der Waals surface area contributed by atoms with Gasteiger partial charge in [-0.05, 0) is 26.4 Å². The van der Waals surface area contributed by atoms with Crippen LogP contribution in [0.4, 0.5) is 0 Å². The van der Waals surface area contributed by atoms with Crippen LogP contribution >= 0.6 is 0 Å². The highest BCUT2D eigenvalue weighted by Crippen LogP contribution is 1.69. The zero-order valence-electron chi connectivity index (χ0n) is 4.78. The van der Waals surface area contributed by atoms with Gasteiger partial charge in [0, 0.05) is 6.54 Å². The molecule has 0 spiro atoms. The fourth-order valence-electron chi connectivity index (χ4n) is 0.348. The van der Waals surface area contributed by atoms with E-state index < -0.39 is 0 Å². The van der Waals surface area contributed by atoms with E-state index in [4.69, 9.17) is 5.73 Å². The third-order valence-electron chi connectivity index (χ3n) is 0.729. The van der Waals surface area contributed by atoms with Gasteiger partial charge in [0.05, 0.1) is 0 Å². The molecular formula is C5H13N2. The van der Waals surface area contributed by atoms with Gasteiger partial charge < -0.3 is 11.1 Å². The van der Waals surface area contributed by atoms with Crippen molar-refractivity contribution in [3.05, 3.63) is 6.54 Å². The Kier molecular flexibility index (Phi) is 5.85. The normalized spacial score (nSPS) is 9.43. The summed E-state index contributed by atoms with van der Waals surface area (Å²) < 4.78 is 0. The topological polar surface area (TPSA) is 38.0 Å². The molecule has 0 saturated heterocycles. The summed E-state index contributed by atoms with van der Waals surface area (Å²) in [6.07, 6.45) is 1.06. The highest BCUT2D eigenvalue weighted by Gasteiger charge is 1.77. The fraction of sp³-hybridized carbons (Fsp3) is 0.800. The highest BCUT2D eigenvalue weighted by atomic mass is 14.8. The van der Waals surface area contributed by atoms with E-state index in [9.17, 15) is 0 Å². The molecule has 3 N–H and O–H groups in total. The Morgan fingerprint density at radius 1 is 1.71 bits per heavy atom. The maximum Gasteiger partial charge on any atom is 0.0190 e. The van der Waals surface area contributed by atoms with Crippen molar-refractivity contribution in [2.45, 2.75) is 13.3 Å². The molecule has 0 aliphatic rings. The van der Waals surface area contributed by atoms with Crippen molar-refractivity contribution in [2.24, 2.45) is 5.73 Å². The minimum Gasteiger partial charge on any atom is -0.330 e. The zero-order valence-corrected chi connectivity index (χ0v) is 4.78. The van der Waals surface area contributed by atoms with Crippen molar-refractivity contribution in [2.75, 3.05) is 13.1 Å². The molecule has 0 aliphatic carbocycles. The standard InChI is InChI=1S/C5H13N2/c1-2-7-5-3-4-6/h2,7H,3-6H2,1H3. The van der Waals surface area contributed by atoms with E-state index in [0.29, 0.717) is 0 Å². The molecule has 0 atom stereocenters. The van der Waals surface area contributed by atoms with E-state index in [1.54, 1.807) is 0 Å². The highest BCUT2D eigenvalue weighted by molar-refractivity contribution is 4.52. The van der Waals surface area contributed by atoms with E-state index in [2.05, 4.69) is 5.32 Å². The van der Waals surface area contributed by atoms with Crippen LogP contribution in [0.15, 0.2) is 0 Å². The minimum absolute atomic E-state index is 0.779. The summed E-state index contributed by atoms with van der Waals surface area (Å²) in [7, 11) is 0. The van der Waals surface area contributed by atoms with E-state index in [-0.39, 0.29) is 0 Å². The number of hydrogen-bond donors (Lipinski definition) is 2. The molecule has 0 aliphatic heterocycles. The largest absolute Gasteiger partial charge is 0.330 e. The molecular weight excluding hydrogens is 88.1 g/mol. The molecule has 0 bridgehead atoms. The molecule has 2 heteroatoms. The Balaban J connectivity index is 2.45. The molecule has 0 aromatic heterocycles. The lowest BCUT2D eigenvalue weighted by Crippen LogP contribution is -2.13. The first kappa shape index (κ1) is 6.92. The molecule has 2 nitrogen and oxygen atoms in total. The summed E-state index contributed by atoms with van der Waals surface area (Å²) in [5.74, 6) is 0. The second-order valence-corrected chi connectivity index (χ2v) is 1.39. The lowest BCUT2D eigenvalue weighted by atomic mass is 10.4. The smallest absolute Gasteiger partial charge is 0.0190 e. The fourth-order valence-corrected chi connectivity index (χ4v) is 0.348. The Morgan fingerprint density at radius 3 is 2.86 bits per heavy atom. The van der Waals surface area contributed by atoms with Crippen LogP contribution in [0.25, 0.3) is 0 Å².